The fraction of sp³-hybridized carbons (Fsp3) is 0.167. The smallest absolute Gasteiger partial charge is 0.224 e. The van der Waals surface area contributed by atoms with Gasteiger partial charge in [-0.15, -0.1) is 0 Å². The highest BCUT2D eigenvalue weighted by Crippen LogP contribution is 2.17. The van der Waals surface area contributed by atoms with Gasteiger partial charge in [0.1, 0.15) is 0 Å². The van der Waals surface area contributed by atoms with Crippen molar-refractivity contribution in [2.24, 2.45) is 0 Å². The molecule has 5 nitrogen and oxygen atoms in total. The lowest BCUT2D eigenvalue weighted by Crippen LogP contribution is -2.05. The number of hydrogen-bond acceptors (Lipinski definition) is 5. The van der Waals surface area contributed by atoms with E-state index in [4.69, 9.17) is 22.4 Å². The molecule has 2 rings (SSSR count). The van der Waals surface area contributed by atoms with Crippen molar-refractivity contribution in [2.45, 2.75) is 13.2 Å². The first-order valence-electron chi connectivity index (χ1n) is 5.39. The average Bonchev–Trinajstić information content (AvgIpc) is 2.40. The van der Waals surface area contributed by atoms with Gasteiger partial charge < -0.3 is 16.2 Å². The third-order valence-corrected chi connectivity index (χ3v) is 2.60. The summed E-state index contributed by atoms with van der Waals surface area (Å²) in [6.45, 7) is 0.570. The number of aliphatic hydroxyl groups excluding tert-OH is 1. The maximum Gasteiger partial charge on any atom is 0.224 e. The normalized spacial score (nSPS) is 10.3. The van der Waals surface area contributed by atoms with E-state index in [9.17, 15) is 0 Å². The van der Waals surface area contributed by atoms with Crippen molar-refractivity contribution in [1.29, 1.82) is 0 Å². The van der Waals surface area contributed by atoms with Crippen LogP contribution in [0.4, 0.5) is 11.5 Å². The highest BCUT2D eigenvalue weighted by atomic mass is 35.5. The van der Waals surface area contributed by atoms with Crippen LogP contribution in [0.1, 0.15) is 11.1 Å². The molecule has 2 aromatic rings. The number of halogens is 1. The molecule has 0 unspecified atom stereocenters. The Kier molecular flexibility index (Phi) is 3.96. The maximum absolute atomic E-state index is 9.05. The summed E-state index contributed by atoms with van der Waals surface area (Å²) < 4.78 is 0. The van der Waals surface area contributed by atoms with Crippen molar-refractivity contribution < 1.29 is 5.11 Å². The highest BCUT2D eigenvalue weighted by Gasteiger charge is 2.03. The maximum atomic E-state index is 9.05. The first-order valence-corrected chi connectivity index (χ1v) is 5.77. The summed E-state index contributed by atoms with van der Waals surface area (Å²) in [5.41, 5.74) is 8.05. The van der Waals surface area contributed by atoms with Gasteiger partial charge in [-0.1, -0.05) is 24.3 Å². The molecule has 0 amide bonds. The number of aromatic nitrogens is 2. The third kappa shape index (κ3) is 3.09. The van der Waals surface area contributed by atoms with Crippen molar-refractivity contribution in [3.05, 3.63) is 46.9 Å². The summed E-state index contributed by atoms with van der Waals surface area (Å²) in [5.74, 6) is 0.504. The number of anilines is 2. The van der Waals surface area contributed by atoms with Gasteiger partial charge in [-0.05, 0) is 22.7 Å². The predicted molar refractivity (Wildman–Crippen MR) is 71.1 cm³/mol. The second-order valence-corrected chi connectivity index (χ2v) is 4.11. The zero-order chi connectivity index (χ0) is 13.0. The van der Waals surface area contributed by atoms with E-state index in [0.29, 0.717) is 18.1 Å². The lowest BCUT2D eigenvalue weighted by atomic mass is 10.1. The zero-order valence-electron chi connectivity index (χ0n) is 9.60. The van der Waals surface area contributed by atoms with E-state index in [0.717, 1.165) is 11.1 Å². The quantitative estimate of drug-likeness (QED) is 0.734. The van der Waals surface area contributed by atoms with Crippen molar-refractivity contribution in [3.63, 3.8) is 0 Å². The van der Waals surface area contributed by atoms with Crippen molar-refractivity contribution in [3.8, 4) is 0 Å². The van der Waals surface area contributed by atoms with Gasteiger partial charge in [0.2, 0.25) is 5.28 Å². The van der Waals surface area contributed by atoms with Crippen LogP contribution >= 0.6 is 11.6 Å². The minimum Gasteiger partial charge on any atom is -0.394 e. The number of aliphatic hydroxyl groups is 1. The molecular weight excluding hydrogens is 252 g/mol. The standard InChI is InChI=1S/C12H13ClN4O/c13-12-16-6-10(14)11(17-12)15-5-8-2-1-3-9(4-8)7-18/h1-4,6,18H,5,7,14H2,(H,15,16,17). The van der Waals surface area contributed by atoms with Gasteiger partial charge in [0, 0.05) is 6.54 Å². The minimum atomic E-state index is 0.0231. The number of hydrogen-bond donors (Lipinski definition) is 3. The van der Waals surface area contributed by atoms with Crippen molar-refractivity contribution in [2.75, 3.05) is 11.1 Å². The molecule has 0 atom stereocenters. The molecule has 0 spiro atoms. The van der Waals surface area contributed by atoms with E-state index in [-0.39, 0.29) is 11.9 Å². The topological polar surface area (TPSA) is 84.1 Å². The first kappa shape index (κ1) is 12.6. The van der Waals surface area contributed by atoms with E-state index < -0.39 is 0 Å². The van der Waals surface area contributed by atoms with Crippen molar-refractivity contribution >= 4 is 23.1 Å². The molecule has 18 heavy (non-hydrogen) atoms. The van der Waals surface area contributed by atoms with Gasteiger partial charge in [0.05, 0.1) is 18.5 Å². The van der Waals surface area contributed by atoms with Gasteiger partial charge in [-0.25, -0.2) is 4.98 Å². The molecule has 94 valence electrons. The number of nitrogens with one attached hydrogen (secondary N) is 1. The van der Waals surface area contributed by atoms with E-state index in [2.05, 4.69) is 15.3 Å². The molecule has 1 heterocycles. The average molecular weight is 265 g/mol. The number of nitrogens with two attached hydrogens (primary N) is 1. The fourth-order valence-electron chi connectivity index (χ4n) is 1.53. The number of benzene rings is 1. The summed E-state index contributed by atoms with van der Waals surface area (Å²) in [6.07, 6.45) is 1.46. The lowest BCUT2D eigenvalue weighted by Gasteiger charge is -2.08. The molecule has 6 heteroatoms. The summed E-state index contributed by atoms with van der Waals surface area (Å²) >= 11 is 5.70. The fourth-order valence-corrected chi connectivity index (χ4v) is 1.67. The van der Waals surface area contributed by atoms with E-state index >= 15 is 0 Å². The molecule has 0 fully saturated rings. The monoisotopic (exact) mass is 264 g/mol. The van der Waals surface area contributed by atoms with Crippen LogP contribution in [0.5, 0.6) is 0 Å². The molecule has 0 radical (unpaired) electrons. The number of nitrogen functional groups attached to an aromatic ring is 1. The van der Waals surface area contributed by atoms with Crippen LogP contribution in [0.2, 0.25) is 5.28 Å². The van der Waals surface area contributed by atoms with E-state index in [1.807, 2.05) is 24.3 Å². The predicted octanol–water partition coefficient (Wildman–Crippen LogP) is 1.82. The Hall–Kier alpha value is -1.85. The van der Waals surface area contributed by atoms with Crippen LogP contribution in [-0.2, 0) is 13.2 Å². The van der Waals surface area contributed by atoms with Crippen LogP contribution in [0, 0.1) is 0 Å². The van der Waals surface area contributed by atoms with Gasteiger partial charge in [-0.3, -0.25) is 0 Å². The Morgan fingerprint density at radius 3 is 2.89 bits per heavy atom. The van der Waals surface area contributed by atoms with Crippen LogP contribution in [0.15, 0.2) is 30.5 Å². The molecule has 0 aliphatic heterocycles. The lowest BCUT2D eigenvalue weighted by molar-refractivity contribution is 0.281. The second-order valence-electron chi connectivity index (χ2n) is 3.77. The Labute approximate surface area is 110 Å². The minimum absolute atomic E-state index is 0.0231. The molecule has 0 saturated heterocycles. The number of nitrogens with zero attached hydrogens (tertiary/aromatic N) is 2. The largest absolute Gasteiger partial charge is 0.394 e. The Morgan fingerprint density at radius 1 is 1.33 bits per heavy atom. The Bertz CT molecular complexity index is 547. The van der Waals surface area contributed by atoms with Crippen LogP contribution in [-0.4, -0.2) is 15.1 Å². The van der Waals surface area contributed by atoms with Crippen molar-refractivity contribution in [1.82, 2.24) is 9.97 Å². The molecule has 0 aliphatic carbocycles. The SMILES string of the molecule is Nc1cnc(Cl)nc1NCc1cccc(CO)c1. The summed E-state index contributed by atoms with van der Waals surface area (Å²) in [6, 6.07) is 7.61. The summed E-state index contributed by atoms with van der Waals surface area (Å²) in [5, 5.41) is 12.3. The van der Waals surface area contributed by atoms with Gasteiger partial charge in [0.25, 0.3) is 0 Å². The molecule has 0 bridgehead atoms. The molecule has 0 aliphatic rings. The third-order valence-electron chi connectivity index (χ3n) is 2.42. The summed E-state index contributed by atoms with van der Waals surface area (Å²) in [7, 11) is 0. The first-order chi connectivity index (χ1) is 8.69. The van der Waals surface area contributed by atoms with E-state index in [1.54, 1.807) is 0 Å². The van der Waals surface area contributed by atoms with Crippen LogP contribution in [0.25, 0.3) is 0 Å². The van der Waals surface area contributed by atoms with Gasteiger partial charge in [-0.2, -0.15) is 4.98 Å². The van der Waals surface area contributed by atoms with Crippen LogP contribution in [0.3, 0.4) is 0 Å². The van der Waals surface area contributed by atoms with Gasteiger partial charge >= 0.3 is 0 Å². The molecule has 1 aromatic carbocycles. The molecular formula is C12H13ClN4O. The highest BCUT2D eigenvalue weighted by molar-refractivity contribution is 6.28. The number of rotatable bonds is 4. The summed E-state index contributed by atoms with van der Waals surface area (Å²) in [4.78, 5) is 7.78. The van der Waals surface area contributed by atoms with Gasteiger partial charge in [0.15, 0.2) is 5.82 Å². The second kappa shape index (κ2) is 5.66. The van der Waals surface area contributed by atoms with E-state index in [1.165, 1.54) is 6.20 Å². The van der Waals surface area contributed by atoms with Crippen LogP contribution < -0.4 is 11.1 Å². The molecule has 4 N–H and O–H groups in total. The molecule has 0 saturated carbocycles. The Balaban J connectivity index is 2.08. The molecule has 1 aromatic heterocycles. The Morgan fingerprint density at radius 2 is 2.11 bits per heavy atom. The zero-order valence-corrected chi connectivity index (χ0v) is 10.4.